The SMILES string of the molecule is CCC1CCC(CNC(=O)C(C)C#N)CC1. The van der Waals surface area contributed by atoms with E-state index < -0.39 is 5.92 Å². The molecule has 0 aromatic rings. The van der Waals surface area contributed by atoms with Gasteiger partial charge >= 0.3 is 0 Å². The van der Waals surface area contributed by atoms with Gasteiger partial charge in [-0.05, 0) is 31.6 Å². The van der Waals surface area contributed by atoms with Crippen molar-refractivity contribution in [2.75, 3.05) is 6.54 Å². The topological polar surface area (TPSA) is 52.9 Å². The Morgan fingerprint density at radius 2 is 1.94 bits per heavy atom. The lowest BCUT2D eigenvalue weighted by molar-refractivity contribution is -0.123. The number of nitriles is 1. The first kappa shape index (κ1) is 13.0. The fourth-order valence-electron chi connectivity index (χ4n) is 2.30. The Balaban J connectivity index is 2.20. The van der Waals surface area contributed by atoms with Gasteiger partial charge in [0.2, 0.25) is 5.91 Å². The molecule has 0 aromatic carbocycles. The first-order valence-electron chi connectivity index (χ1n) is 6.34. The van der Waals surface area contributed by atoms with E-state index >= 15 is 0 Å². The molecule has 1 rings (SSSR count). The van der Waals surface area contributed by atoms with Gasteiger partial charge in [-0.2, -0.15) is 5.26 Å². The Morgan fingerprint density at radius 1 is 1.38 bits per heavy atom. The predicted octanol–water partition coefficient (Wildman–Crippen LogP) is 2.48. The molecule has 1 saturated carbocycles. The van der Waals surface area contributed by atoms with Crippen molar-refractivity contribution in [2.45, 2.75) is 46.0 Å². The van der Waals surface area contributed by atoms with Gasteiger partial charge < -0.3 is 5.32 Å². The van der Waals surface area contributed by atoms with Gasteiger partial charge in [0.25, 0.3) is 0 Å². The zero-order chi connectivity index (χ0) is 12.0. The third-order valence-electron chi connectivity index (χ3n) is 3.70. The second-order valence-corrected chi connectivity index (χ2v) is 4.89. The van der Waals surface area contributed by atoms with Gasteiger partial charge in [0.15, 0.2) is 0 Å². The van der Waals surface area contributed by atoms with E-state index in [9.17, 15) is 4.79 Å². The second kappa shape index (κ2) is 6.52. The van der Waals surface area contributed by atoms with Crippen molar-refractivity contribution in [1.82, 2.24) is 5.32 Å². The minimum absolute atomic E-state index is 0.125. The predicted molar refractivity (Wildman–Crippen MR) is 63.5 cm³/mol. The summed E-state index contributed by atoms with van der Waals surface area (Å²) in [6, 6.07) is 1.96. The van der Waals surface area contributed by atoms with Crippen molar-refractivity contribution in [3.05, 3.63) is 0 Å². The van der Waals surface area contributed by atoms with Crippen LogP contribution in [0.5, 0.6) is 0 Å². The summed E-state index contributed by atoms with van der Waals surface area (Å²) in [5.74, 6) is 0.870. The fraction of sp³-hybridized carbons (Fsp3) is 0.846. The van der Waals surface area contributed by atoms with Crippen LogP contribution in [0.25, 0.3) is 0 Å². The van der Waals surface area contributed by atoms with Gasteiger partial charge in [0.05, 0.1) is 6.07 Å². The molecule has 0 heterocycles. The molecule has 1 fully saturated rings. The number of carbonyl (C=O) groups is 1. The number of nitrogens with zero attached hydrogens (tertiary/aromatic N) is 1. The highest BCUT2D eigenvalue weighted by Gasteiger charge is 2.21. The summed E-state index contributed by atoms with van der Waals surface area (Å²) in [6.45, 7) is 4.64. The average molecular weight is 222 g/mol. The van der Waals surface area contributed by atoms with Crippen LogP contribution in [0.3, 0.4) is 0 Å². The third-order valence-corrected chi connectivity index (χ3v) is 3.70. The van der Waals surface area contributed by atoms with Gasteiger partial charge in [0.1, 0.15) is 5.92 Å². The van der Waals surface area contributed by atoms with Crippen molar-refractivity contribution in [1.29, 1.82) is 5.26 Å². The number of amides is 1. The molecule has 3 nitrogen and oxygen atoms in total. The summed E-state index contributed by atoms with van der Waals surface area (Å²) in [5, 5.41) is 11.5. The van der Waals surface area contributed by atoms with Gasteiger partial charge in [-0.1, -0.05) is 26.2 Å². The smallest absolute Gasteiger partial charge is 0.237 e. The zero-order valence-corrected chi connectivity index (χ0v) is 10.3. The molecule has 0 radical (unpaired) electrons. The molecule has 0 bridgehead atoms. The quantitative estimate of drug-likeness (QED) is 0.794. The van der Waals surface area contributed by atoms with E-state index in [0.717, 1.165) is 12.5 Å². The molecule has 16 heavy (non-hydrogen) atoms. The van der Waals surface area contributed by atoms with Crippen LogP contribution in [0.2, 0.25) is 0 Å². The number of hydrogen-bond donors (Lipinski definition) is 1. The summed E-state index contributed by atoms with van der Waals surface area (Å²) < 4.78 is 0. The Bertz CT molecular complexity index is 262. The van der Waals surface area contributed by atoms with Crippen LogP contribution >= 0.6 is 0 Å². The normalized spacial score (nSPS) is 26.8. The summed E-state index contributed by atoms with van der Waals surface area (Å²) in [6.07, 6.45) is 6.32. The van der Waals surface area contributed by atoms with E-state index in [2.05, 4.69) is 12.2 Å². The maximum absolute atomic E-state index is 11.4. The van der Waals surface area contributed by atoms with E-state index in [1.165, 1.54) is 32.1 Å². The maximum atomic E-state index is 11.4. The minimum Gasteiger partial charge on any atom is -0.355 e. The van der Waals surface area contributed by atoms with E-state index in [4.69, 9.17) is 5.26 Å². The summed E-state index contributed by atoms with van der Waals surface area (Å²) in [7, 11) is 0. The molecule has 0 aliphatic heterocycles. The summed E-state index contributed by atoms with van der Waals surface area (Å²) in [4.78, 5) is 11.4. The molecule has 0 aromatic heterocycles. The van der Waals surface area contributed by atoms with Crippen molar-refractivity contribution in [3.63, 3.8) is 0 Å². The Hall–Kier alpha value is -1.04. The van der Waals surface area contributed by atoms with Crippen molar-refractivity contribution < 1.29 is 4.79 Å². The molecule has 1 unspecified atom stereocenters. The molecule has 0 saturated heterocycles. The molecule has 3 heteroatoms. The van der Waals surface area contributed by atoms with Gasteiger partial charge in [-0.25, -0.2) is 0 Å². The Kier molecular flexibility index (Phi) is 5.31. The zero-order valence-electron chi connectivity index (χ0n) is 10.3. The van der Waals surface area contributed by atoms with Crippen LogP contribution < -0.4 is 5.32 Å². The van der Waals surface area contributed by atoms with Crippen LogP contribution in [0.15, 0.2) is 0 Å². The number of hydrogen-bond acceptors (Lipinski definition) is 2. The number of nitrogens with one attached hydrogen (secondary N) is 1. The van der Waals surface area contributed by atoms with E-state index in [-0.39, 0.29) is 5.91 Å². The largest absolute Gasteiger partial charge is 0.355 e. The Labute approximate surface area is 98.2 Å². The van der Waals surface area contributed by atoms with Crippen LogP contribution in [0.4, 0.5) is 0 Å². The second-order valence-electron chi connectivity index (χ2n) is 4.89. The molecule has 1 aliphatic rings. The molecule has 1 N–H and O–H groups in total. The first-order chi connectivity index (χ1) is 7.67. The maximum Gasteiger partial charge on any atom is 0.237 e. The first-order valence-corrected chi connectivity index (χ1v) is 6.34. The standard InChI is InChI=1S/C13H22N2O/c1-3-11-4-6-12(7-5-11)9-15-13(16)10(2)8-14/h10-12H,3-7,9H2,1-2H3,(H,15,16). The van der Waals surface area contributed by atoms with Gasteiger partial charge in [0, 0.05) is 6.54 Å². The van der Waals surface area contributed by atoms with Crippen molar-refractivity contribution in [3.8, 4) is 6.07 Å². The monoisotopic (exact) mass is 222 g/mol. The van der Waals surface area contributed by atoms with Crippen LogP contribution in [-0.2, 0) is 4.79 Å². The highest BCUT2D eigenvalue weighted by Crippen LogP contribution is 2.30. The number of rotatable bonds is 4. The van der Waals surface area contributed by atoms with E-state index in [1.54, 1.807) is 6.92 Å². The lowest BCUT2D eigenvalue weighted by Crippen LogP contribution is -2.34. The minimum atomic E-state index is -0.521. The molecule has 1 atom stereocenters. The van der Waals surface area contributed by atoms with Gasteiger partial charge in [-0.3, -0.25) is 4.79 Å². The van der Waals surface area contributed by atoms with Crippen LogP contribution in [0.1, 0.15) is 46.0 Å². The van der Waals surface area contributed by atoms with Gasteiger partial charge in [-0.15, -0.1) is 0 Å². The third kappa shape index (κ3) is 3.84. The van der Waals surface area contributed by atoms with E-state index in [1.807, 2.05) is 6.07 Å². The van der Waals surface area contributed by atoms with Crippen molar-refractivity contribution >= 4 is 5.91 Å². The lowest BCUT2D eigenvalue weighted by Gasteiger charge is -2.27. The average Bonchev–Trinajstić information content (AvgIpc) is 2.35. The highest BCUT2D eigenvalue weighted by atomic mass is 16.1. The highest BCUT2D eigenvalue weighted by molar-refractivity contribution is 5.80. The lowest BCUT2D eigenvalue weighted by atomic mass is 9.81. The molecule has 1 amide bonds. The molecule has 90 valence electrons. The van der Waals surface area contributed by atoms with Crippen molar-refractivity contribution in [2.24, 2.45) is 17.8 Å². The fourth-order valence-corrected chi connectivity index (χ4v) is 2.30. The molecule has 1 aliphatic carbocycles. The Morgan fingerprint density at radius 3 is 2.44 bits per heavy atom. The summed E-state index contributed by atoms with van der Waals surface area (Å²) in [5.41, 5.74) is 0. The molecule has 0 spiro atoms. The number of carbonyl (C=O) groups excluding carboxylic acids is 1. The van der Waals surface area contributed by atoms with Crippen LogP contribution in [-0.4, -0.2) is 12.5 Å². The van der Waals surface area contributed by atoms with Crippen LogP contribution in [0, 0.1) is 29.1 Å². The summed E-state index contributed by atoms with van der Waals surface area (Å²) >= 11 is 0. The molecular formula is C13H22N2O. The molecular weight excluding hydrogens is 200 g/mol. The van der Waals surface area contributed by atoms with E-state index in [0.29, 0.717) is 5.92 Å².